The molecule has 0 fully saturated rings. The summed E-state index contributed by atoms with van der Waals surface area (Å²) >= 11 is 0. The van der Waals surface area contributed by atoms with E-state index in [2.05, 4.69) is 29.5 Å². The number of rotatable bonds is 11. The number of ether oxygens (including phenoxy) is 1. The Morgan fingerprint density at radius 3 is 2.42 bits per heavy atom. The van der Waals surface area contributed by atoms with Gasteiger partial charge < -0.3 is 20.3 Å². The van der Waals surface area contributed by atoms with Gasteiger partial charge in [0.15, 0.2) is 0 Å². The highest BCUT2D eigenvalue weighted by molar-refractivity contribution is 5.97. The van der Waals surface area contributed by atoms with Gasteiger partial charge in [0.1, 0.15) is 34.8 Å². The molecule has 38 heavy (non-hydrogen) atoms. The summed E-state index contributed by atoms with van der Waals surface area (Å²) in [4.78, 5) is 13.4. The highest BCUT2D eigenvalue weighted by atomic mass is 19.1. The molecule has 8 heteroatoms. The molecule has 0 saturated carbocycles. The second-order valence-corrected chi connectivity index (χ2v) is 9.22. The zero-order chi connectivity index (χ0) is 27.1. The Morgan fingerprint density at radius 1 is 1.00 bits per heavy atom. The molecule has 6 nitrogen and oxygen atoms in total. The summed E-state index contributed by atoms with van der Waals surface area (Å²) < 4.78 is 38.8. The molecular weight excluding hydrogens is 488 g/mol. The van der Waals surface area contributed by atoms with Crippen molar-refractivity contribution in [3.63, 3.8) is 0 Å². The predicted octanol–water partition coefficient (Wildman–Crippen LogP) is 5.38. The van der Waals surface area contributed by atoms with Gasteiger partial charge in [-0.1, -0.05) is 66.7 Å². The summed E-state index contributed by atoms with van der Waals surface area (Å²) in [6.07, 6.45) is 0.222. The van der Waals surface area contributed by atoms with Gasteiger partial charge in [0, 0.05) is 30.8 Å². The van der Waals surface area contributed by atoms with Crippen molar-refractivity contribution in [2.75, 3.05) is 6.54 Å². The van der Waals surface area contributed by atoms with Crippen molar-refractivity contribution >= 4 is 5.97 Å². The Balaban J connectivity index is 1.54. The second-order valence-electron chi connectivity index (χ2n) is 9.22. The molecule has 3 aromatic carbocycles. The number of nitrogens with one attached hydrogen (secondary N) is 1. The summed E-state index contributed by atoms with van der Waals surface area (Å²) in [5.74, 6) is -1.70. The average Bonchev–Trinajstić information content (AvgIpc) is 3.29. The highest BCUT2D eigenvalue weighted by Crippen LogP contribution is 2.26. The van der Waals surface area contributed by atoms with Crippen LogP contribution < -0.4 is 11.1 Å². The van der Waals surface area contributed by atoms with Gasteiger partial charge in [-0.2, -0.15) is 0 Å². The molecule has 4 aromatic rings. The van der Waals surface area contributed by atoms with E-state index in [4.69, 9.17) is 15.0 Å². The van der Waals surface area contributed by atoms with Gasteiger partial charge in [-0.05, 0) is 48.6 Å². The van der Waals surface area contributed by atoms with E-state index in [0.29, 0.717) is 29.1 Å². The van der Waals surface area contributed by atoms with E-state index in [-0.39, 0.29) is 18.5 Å². The maximum absolute atomic E-state index is 13.8. The Labute approximate surface area is 220 Å². The van der Waals surface area contributed by atoms with Crippen molar-refractivity contribution in [1.82, 2.24) is 10.5 Å². The van der Waals surface area contributed by atoms with E-state index in [0.717, 1.165) is 18.1 Å². The molecule has 4 rings (SSSR count). The van der Waals surface area contributed by atoms with E-state index in [9.17, 15) is 13.6 Å². The monoisotopic (exact) mass is 519 g/mol. The first-order valence-electron chi connectivity index (χ1n) is 12.6. The van der Waals surface area contributed by atoms with Gasteiger partial charge in [0.2, 0.25) is 0 Å². The van der Waals surface area contributed by atoms with Crippen LogP contribution in [0.3, 0.4) is 0 Å². The standard InChI is InChI=1S/C30H31F2N3O3/c1-3-20-8-7-9-21(12-20)17-34-18-27(26(33)15-22-13-24(31)16-25(32)14-22)37-30(36)28-19(2)38-35-29(28)23-10-5-4-6-11-23/h4-14,16,26-27,34H,3,15,17-18,33H2,1-2H3/t26-,27+/m0/s1. The maximum Gasteiger partial charge on any atom is 0.344 e. The number of aryl methyl sites for hydroxylation is 2. The molecule has 1 heterocycles. The van der Waals surface area contributed by atoms with E-state index in [1.165, 1.54) is 17.7 Å². The lowest BCUT2D eigenvalue weighted by atomic mass is 10.0. The van der Waals surface area contributed by atoms with Crippen LogP contribution in [0, 0.1) is 18.6 Å². The molecule has 3 N–H and O–H groups in total. The zero-order valence-electron chi connectivity index (χ0n) is 21.4. The summed E-state index contributed by atoms with van der Waals surface area (Å²) in [6, 6.07) is 19.9. The van der Waals surface area contributed by atoms with E-state index in [1.807, 2.05) is 42.5 Å². The van der Waals surface area contributed by atoms with Crippen LogP contribution in [0.25, 0.3) is 11.3 Å². The number of aromatic nitrogens is 1. The normalized spacial score (nSPS) is 12.8. The molecule has 0 radical (unpaired) electrons. The third-order valence-electron chi connectivity index (χ3n) is 6.32. The first-order valence-corrected chi connectivity index (χ1v) is 12.6. The largest absolute Gasteiger partial charge is 0.456 e. The minimum Gasteiger partial charge on any atom is -0.456 e. The number of carbonyl (C=O) groups is 1. The Kier molecular flexibility index (Phi) is 8.99. The van der Waals surface area contributed by atoms with Crippen molar-refractivity contribution in [2.45, 2.75) is 45.4 Å². The molecule has 2 atom stereocenters. The topological polar surface area (TPSA) is 90.4 Å². The van der Waals surface area contributed by atoms with E-state index in [1.54, 1.807) is 6.92 Å². The van der Waals surface area contributed by atoms with Gasteiger partial charge in [0.25, 0.3) is 0 Å². The van der Waals surface area contributed by atoms with Crippen LogP contribution in [0.2, 0.25) is 0 Å². The quantitative estimate of drug-likeness (QED) is 0.259. The second kappa shape index (κ2) is 12.6. The molecule has 0 aliphatic heterocycles. The van der Waals surface area contributed by atoms with Crippen molar-refractivity contribution in [1.29, 1.82) is 0 Å². The molecule has 0 spiro atoms. The number of hydrogen-bond acceptors (Lipinski definition) is 6. The van der Waals surface area contributed by atoms with Crippen LogP contribution in [0.1, 0.15) is 39.7 Å². The molecule has 0 unspecified atom stereocenters. The molecule has 1 aromatic heterocycles. The lowest BCUT2D eigenvalue weighted by Gasteiger charge is -2.25. The smallest absolute Gasteiger partial charge is 0.344 e. The van der Waals surface area contributed by atoms with Crippen molar-refractivity contribution in [3.05, 3.63) is 112 Å². The first-order chi connectivity index (χ1) is 18.3. The molecule has 198 valence electrons. The summed E-state index contributed by atoms with van der Waals surface area (Å²) in [6.45, 7) is 4.49. The first kappa shape index (κ1) is 27.2. The number of esters is 1. The number of nitrogens with two attached hydrogens (primary N) is 1. The van der Waals surface area contributed by atoms with Gasteiger partial charge in [-0.3, -0.25) is 0 Å². The Hall–Kier alpha value is -3.88. The average molecular weight is 520 g/mol. The maximum atomic E-state index is 13.8. The minimum absolute atomic E-state index is 0.105. The number of hydrogen-bond donors (Lipinski definition) is 2. The fourth-order valence-electron chi connectivity index (χ4n) is 4.33. The minimum atomic E-state index is -0.805. The molecule has 0 aliphatic carbocycles. The van der Waals surface area contributed by atoms with Crippen LogP contribution in [0.4, 0.5) is 8.78 Å². The van der Waals surface area contributed by atoms with Crippen molar-refractivity contribution < 1.29 is 22.8 Å². The number of nitrogens with zero attached hydrogens (tertiary/aromatic N) is 1. The number of benzene rings is 3. The van der Waals surface area contributed by atoms with Gasteiger partial charge >= 0.3 is 5.97 Å². The fraction of sp³-hybridized carbons (Fsp3) is 0.267. The number of halogens is 2. The van der Waals surface area contributed by atoms with Crippen molar-refractivity contribution in [3.8, 4) is 11.3 Å². The summed E-state index contributed by atoms with van der Waals surface area (Å²) in [5, 5.41) is 7.37. The van der Waals surface area contributed by atoms with Crippen molar-refractivity contribution in [2.24, 2.45) is 5.73 Å². The Bertz CT molecular complexity index is 1350. The van der Waals surface area contributed by atoms with E-state index >= 15 is 0 Å². The lowest BCUT2D eigenvalue weighted by Crippen LogP contribution is -2.46. The van der Waals surface area contributed by atoms with Crippen LogP contribution in [0.15, 0.2) is 77.3 Å². The lowest BCUT2D eigenvalue weighted by molar-refractivity contribution is 0.0237. The van der Waals surface area contributed by atoms with Gasteiger partial charge in [-0.25, -0.2) is 13.6 Å². The molecule has 0 saturated heterocycles. The number of carbonyl (C=O) groups excluding carboxylic acids is 1. The molecule has 0 amide bonds. The highest BCUT2D eigenvalue weighted by Gasteiger charge is 2.28. The van der Waals surface area contributed by atoms with Crippen LogP contribution in [-0.2, 0) is 24.1 Å². The predicted molar refractivity (Wildman–Crippen MR) is 141 cm³/mol. The van der Waals surface area contributed by atoms with Gasteiger partial charge in [0.05, 0.1) is 0 Å². The van der Waals surface area contributed by atoms with Crippen LogP contribution in [0.5, 0.6) is 0 Å². The zero-order valence-corrected chi connectivity index (χ0v) is 21.4. The Morgan fingerprint density at radius 2 is 1.71 bits per heavy atom. The molecular formula is C30H31F2N3O3. The SMILES string of the molecule is CCc1cccc(CNC[C@@H](OC(=O)c2c(-c3ccccc3)noc2C)[C@@H](N)Cc2cc(F)cc(F)c2)c1. The van der Waals surface area contributed by atoms with Gasteiger partial charge in [-0.15, -0.1) is 0 Å². The summed E-state index contributed by atoms with van der Waals surface area (Å²) in [5.41, 5.74) is 10.4. The fourth-order valence-corrected chi connectivity index (χ4v) is 4.33. The van der Waals surface area contributed by atoms with E-state index < -0.39 is 29.7 Å². The molecule has 0 bridgehead atoms. The molecule has 0 aliphatic rings. The third kappa shape index (κ3) is 6.90. The van der Waals surface area contributed by atoms with Crippen LogP contribution in [-0.4, -0.2) is 29.8 Å². The third-order valence-corrected chi connectivity index (χ3v) is 6.32. The van der Waals surface area contributed by atoms with Crippen LogP contribution >= 0.6 is 0 Å². The summed E-state index contributed by atoms with van der Waals surface area (Å²) in [7, 11) is 0.